The SMILES string of the molecule is C[C@@H](Nc1cccc(Cl)c1)C(=O)N1[C@@H]2CC[C@H]([C@H]1C(=O)N[C@@H](C#N)C[C@H]1CCCNC1=O)C(F)(F)C2. The Morgan fingerprint density at radius 3 is 2.78 bits per heavy atom. The van der Waals surface area contributed by atoms with Gasteiger partial charge in [-0.2, -0.15) is 5.26 Å². The number of benzene rings is 1. The van der Waals surface area contributed by atoms with Gasteiger partial charge in [0.05, 0.1) is 12.0 Å². The van der Waals surface area contributed by atoms with Gasteiger partial charge in [-0.1, -0.05) is 17.7 Å². The Balaban J connectivity index is 1.52. The average Bonchev–Trinajstić information content (AvgIpc) is 2.83. The van der Waals surface area contributed by atoms with Crippen molar-refractivity contribution < 1.29 is 23.2 Å². The van der Waals surface area contributed by atoms with Crippen LogP contribution in [0.15, 0.2) is 24.3 Å². The number of carbonyl (C=O) groups excluding carboxylic acids is 3. The van der Waals surface area contributed by atoms with E-state index in [1.165, 1.54) is 4.90 Å². The molecule has 1 aromatic rings. The Hall–Kier alpha value is -2.93. The maximum absolute atomic E-state index is 14.9. The third kappa shape index (κ3) is 5.41. The molecule has 1 aromatic carbocycles. The van der Waals surface area contributed by atoms with Crippen LogP contribution in [-0.2, 0) is 14.4 Å². The lowest BCUT2D eigenvalue weighted by atomic mass is 9.71. The minimum atomic E-state index is -3.10. The second-order valence-electron chi connectivity index (χ2n) is 9.93. The maximum Gasteiger partial charge on any atom is 0.255 e. The number of rotatable bonds is 7. The largest absolute Gasteiger partial charge is 0.374 e. The van der Waals surface area contributed by atoms with Crippen molar-refractivity contribution in [3.63, 3.8) is 0 Å². The van der Waals surface area contributed by atoms with Gasteiger partial charge in [-0.05, 0) is 57.2 Å². The van der Waals surface area contributed by atoms with E-state index in [4.69, 9.17) is 11.6 Å². The molecule has 3 heterocycles. The van der Waals surface area contributed by atoms with Gasteiger partial charge in [-0.15, -0.1) is 0 Å². The van der Waals surface area contributed by atoms with E-state index in [-0.39, 0.29) is 18.7 Å². The van der Waals surface area contributed by atoms with Crippen LogP contribution in [0.3, 0.4) is 0 Å². The summed E-state index contributed by atoms with van der Waals surface area (Å²) in [5.41, 5.74) is 0.590. The Morgan fingerprint density at radius 2 is 2.11 bits per heavy atom. The van der Waals surface area contributed by atoms with E-state index in [0.29, 0.717) is 30.1 Å². The molecule has 194 valence electrons. The predicted molar refractivity (Wildman–Crippen MR) is 129 cm³/mol. The number of anilines is 1. The van der Waals surface area contributed by atoms with E-state index < -0.39 is 60.2 Å². The number of nitriles is 1. The summed E-state index contributed by atoms with van der Waals surface area (Å²) in [5.74, 6) is -6.32. The van der Waals surface area contributed by atoms with Crippen molar-refractivity contribution in [2.45, 2.75) is 75.5 Å². The highest BCUT2D eigenvalue weighted by Crippen LogP contribution is 2.49. The Morgan fingerprint density at radius 1 is 1.33 bits per heavy atom. The Kier molecular flexibility index (Phi) is 7.69. The second-order valence-corrected chi connectivity index (χ2v) is 10.4. The highest BCUT2D eigenvalue weighted by molar-refractivity contribution is 6.30. The van der Waals surface area contributed by atoms with Crippen molar-refractivity contribution in [1.82, 2.24) is 15.5 Å². The summed E-state index contributed by atoms with van der Waals surface area (Å²) in [6.45, 7) is 2.18. The van der Waals surface area contributed by atoms with Gasteiger partial charge >= 0.3 is 0 Å². The molecule has 1 aliphatic carbocycles. The molecular weight excluding hydrogens is 492 g/mol. The Labute approximate surface area is 213 Å². The Bertz CT molecular complexity index is 1060. The van der Waals surface area contributed by atoms with E-state index in [2.05, 4.69) is 16.0 Å². The highest BCUT2D eigenvalue weighted by Gasteiger charge is 2.60. The van der Waals surface area contributed by atoms with Crippen LogP contribution in [0.25, 0.3) is 0 Å². The summed E-state index contributed by atoms with van der Waals surface area (Å²) >= 11 is 6.02. The number of alkyl halides is 2. The van der Waals surface area contributed by atoms with Crippen molar-refractivity contribution in [3.8, 4) is 6.07 Å². The molecule has 0 unspecified atom stereocenters. The fraction of sp³-hybridized carbons (Fsp3) is 0.600. The summed E-state index contributed by atoms with van der Waals surface area (Å²) in [6.07, 6.45) is 1.43. The summed E-state index contributed by atoms with van der Waals surface area (Å²) < 4.78 is 29.8. The van der Waals surface area contributed by atoms with Crippen LogP contribution < -0.4 is 16.0 Å². The molecule has 6 atom stereocenters. The normalized spacial score (nSPS) is 28.4. The van der Waals surface area contributed by atoms with Crippen LogP contribution in [0.5, 0.6) is 0 Å². The number of halogens is 3. The molecule has 2 bridgehead atoms. The lowest BCUT2D eigenvalue weighted by Crippen LogP contribution is -2.70. The lowest BCUT2D eigenvalue weighted by Gasteiger charge is -2.54. The zero-order chi connectivity index (χ0) is 26.0. The molecule has 11 heteroatoms. The first-order valence-electron chi connectivity index (χ1n) is 12.3. The fourth-order valence-corrected chi connectivity index (χ4v) is 5.87. The van der Waals surface area contributed by atoms with E-state index in [1.54, 1.807) is 31.2 Å². The van der Waals surface area contributed by atoms with E-state index in [1.807, 2.05) is 6.07 Å². The van der Waals surface area contributed by atoms with Crippen LogP contribution >= 0.6 is 11.6 Å². The van der Waals surface area contributed by atoms with Crippen LogP contribution in [0.2, 0.25) is 5.02 Å². The molecule has 1 saturated carbocycles. The molecule has 36 heavy (non-hydrogen) atoms. The summed E-state index contributed by atoms with van der Waals surface area (Å²) in [5, 5.41) is 18.4. The molecule has 3 saturated heterocycles. The topological polar surface area (TPSA) is 114 Å². The summed E-state index contributed by atoms with van der Waals surface area (Å²) in [6, 6.07) is 4.74. The van der Waals surface area contributed by atoms with Gasteiger partial charge in [0.1, 0.15) is 18.1 Å². The van der Waals surface area contributed by atoms with E-state index >= 15 is 0 Å². The number of hydrogen-bond donors (Lipinski definition) is 3. The van der Waals surface area contributed by atoms with Gasteiger partial charge in [0.25, 0.3) is 5.92 Å². The smallest absolute Gasteiger partial charge is 0.255 e. The van der Waals surface area contributed by atoms with Gasteiger partial charge in [-0.25, -0.2) is 8.78 Å². The van der Waals surface area contributed by atoms with E-state index in [9.17, 15) is 28.4 Å². The van der Waals surface area contributed by atoms with Crippen molar-refractivity contribution in [3.05, 3.63) is 29.3 Å². The number of nitrogens with zero attached hydrogens (tertiary/aromatic N) is 2. The van der Waals surface area contributed by atoms with Gasteiger partial charge in [-0.3, -0.25) is 14.4 Å². The third-order valence-corrected chi connectivity index (χ3v) is 7.66. The zero-order valence-electron chi connectivity index (χ0n) is 20.0. The van der Waals surface area contributed by atoms with Crippen LogP contribution in [0.4, 0.5) is 14.5 Å². The van der Waals surface area contributed by atoms with Crippen LogP contribution in [0.1, 0.15) is 45.4 Å². The first kappa shape index (κ1) is 26.1. The molecule has 5 rings (SSSR count). The number of fused-ring (bicyclic) bond motifs is 3. The highest BCUT2D eigenvalue weighted by atomic mass is 35.5. The molecule has 0 spiro atoms. The molecule has 3 N–H and O–H groups in total. The minimum Gasteiger partial charge on any atom is -0.374 e. The monoisotopic (exact) mass is 521 g/mol. The predicted octanol–water partition coefficient (Wildman–Crippen LogP) is 3.08. The maximum atomic E-state index is 14.9. The standard InChI is InChI=1S/C25H30ClF2N5O3/c1-14(31-17-6-2-5-16(26)11-17)24(36)33-19-7-8-20(25(27,28)12-19)21(33)23(35)32-18(13-29)10-15-4-3-9-30-22(15)34/h2,5-6,11,14-15,18-21,31H,3-4,7-10,12H2,1H3,(H,30,34)(H,32,35)/t14-,15-,18-,19-,20-,21+/m1/s1. The lowest BCUT2D eigenvalue weighted by molar-refractivity contribution is -0.194. The fourth-order valence-electron chi connectivity index (χ4n) is 5.68. The van der Waals surface area contributed by atoms with Crippen LogP contribution in [0, 0.1) is 23.2 Å². The molecule has 4 aliphatic rings. The quantitative estimate of drug-likeness (QED) is 0.510. The number of hydrogen-bond acceptors (Lipinski definition) is 5. The molecule has 0 aromatic heterocycles. The van der Waals surface area contributed by atoms with Gasteiger partial charge in [0.15, 0.2) is 0 Å². The number of nitrogens with one attached hydrogen (secondary N) is 3. The average molecular weight is 522 g/mol. The zero-order valence-corrected chi connectivity index (χ0v) is 20.7. The van der Waals surface area contributed by atoms with Crippen molar-refractivity contribution in [2.24, 2.45) is 11.8 Å². The molecule has 0 radical (unpaired) electrons. The first-order chi connectivity index (χ1) is 17.1. The number of piperidine rings is 3. The van der Waals surface area contributed by atoms with Gasteiger partial charge in [0, 0.05) is 35.6 Å². The molecule has 3 aliphatic heterocycles. The van der Waals surface area contributed by atoms with Crippen molar-refractivity contribution in [1.29, 1.82) is 5.26 Å². The summed E-state index contributed by atoms with van der Waals surface area (Å²) in [4.78, 5) is 40.3. The summed E-state index contributed by atoms with van der Waals surface area (Å²) in [7, 11) is 0. The van der Waals surface area contributed by atoms with Gasteiger partial charge < -0.3 is 20.9 Å². The number of carbonyl (C=O) groups is 3. The van der Waals surface area contributed by atoms with Crippen LogP contribution in [-0.4, -0.2) is 59.3 Å². The second kappa shape index (κ2) is 10.6. The molecule has 8 nitrogen and oxygen atoms in total. The van der Waals surface area contributed by atoms with E-state index in [0.717, 1.165) is 6.42 Å². The minimum absolute atomic E-state index is 0.0892. The first-order valence-corrected chi connectivity index (χ1v) is 12.7. The van der Waals surface area contributed by atoms with Gasteiger partial charge in [0.2, 0.25) is 17.7 Å². The molecular formula is C25H30ClF2N5O3. The molecule has 4 fully saturated rings. The molecule has 3 amide bonds. The van der Waals surface area contributed by atoms with Crippen molar-refractivity contribution >= 4 is 35.0 Å². The third-order valence-electron chi connectivity index (χ3n) is 7.43. The number of amides is 3. The van der Waals surface area contributed by atoms with Crippen molar-refractivity contribution in [2.75, 3.05) is 11.9 Å².